The van der Waals surface area contributed by atoms with Crippen LogP contribution in [0.2, 0.25) is 0 Å². The number of nitrogens with one attached hydrogen (secondary N) is 2. The molecule has 4 rings (SSSR count). The molecule has 1 atom stereocenters. The van der Waals surface area contributed by atoms with Gasteiger partial charge in [-0.05, 0) is 54.2 Å². The molecule has 1 aliphatic rings. The molecule has 0 bridgehead atoms. The zero-order chi connectivity index (χ0) is 23.3. The first-order valence-corrected chi connectivity index (χ1v) is 11.1. The quantitative estimate of drug-likeness (QED) is 0.514. The zero-order valence-electron chi connectivity index (χ0n) is 18.2. The summed E-state index contributed by atoms with van der Waals surface area (Å²) in [6.07, 6.45) is 2.35. The number of hydrogen-bond donors (Lipinski definition) is 2. The minimum Gasteiger partial charge on any atom is -0.352 e. The molecule has 0 radical (unpaired) electrons. The average molecular weight is 449 g/mol. The van der Waals surface area contributed by atoms with Crippen LogP contribution in [-0.2, 0) is 22.6 Å². The van der Waals surface area contributed by atoms with E-state index < -0.39 is 17.2 Å². The van der Waals surface area contributed by atoms with Crippen molar-refractivity contribution in [1.82, 2.24) is 10.6 Å². The van der Waals surface area contributed by atoms with Gasteiger partial charge in [0.2, 0.25) is 11.8 Å². The molecule has 170 valence electrons. The minimum absolute atomic E-state index is 0.0156. The predicted molar refractivity (Wildman–Crippen MR) is 123 cm³/mol. The molecular weight excluding hydrogens is 422 g/mol. The highest BCUT2D eigenvalue weighted by atomic mass is 19.1. The standard InChI is InChI=1S/C27H26F2N2O2/c28-23-10-11-24(29)22(16-23)18-30-25(32)12-14-27(15-13-26(33)31-27)17-19-6-8-21(9-7-19)20-4-2-1-3-5-20/h1-11,16H,12-15,17-18H2,(H,30,32)(H,31,33). The number of rotatable bonds is 8. The third kappa shape index (κ3) is 5.83. The van der Waals surface area contributed by atoms with E-state index in [2.05, 4.69) is 47.0 Å². The van der Waals surface area contributed by atoms with Gasteiger partial charge in [-0.3, -0.25) is 9.59 Å². The number of hydrogen-bond acceptors (Lipinski definition) is 2. The van der Waals surface area contributed by atoms with Crippen LogP contribution in [0.15, 0.2) is 72.8 Å². The van der Waals surface area contributed by atoms with Crippen molar-refractivity contribution in [3.63, 3.8) is 0 Å². The molecule has 0 spiro atoms. The second kappa shape index (κ2) is 9.94. The maximum atomic E-state index is 13.8. The molecule has 1 saturated heterocycles. The summed E-state index contributed by atoms with van der Waals surface area (Å²) in [5.74, 6) is -1.39. The van der Waals surface area contributed by atoms with Crippen LogP contribution < -0.4 is 10.6 Å². The van der Waals surface area contributed by atoms with E-state index in [1.165, 1.54) is 0 Å². The number of carbonyl (C=O) groups excluding carboxylic acids is 2. The summed E-state index contributed by atoms with van der Waals surface area (Å²) in [5.41, 5.74) is 2.95. The normalized spacial score (nSPS) is 17.6. The lowest BCUT2D eigenvalue weighted by Gasteiger charge is -2.29. The Bertz CT molecular complexity index is 1130. The van der Waals surface area contributed by atoms with Gasteiger partial charge in [-0.15, -0.1) is 0 Å². The topological polar surface area (TPSA) is 58.2 Å². The van der Waals surface area contributed by atoms with Crippen molar-refractivity contribution in [3.8, 4) is 11.1 Å². The van der Waals surface area contributed by atoms with E-state index in [0.29, 0.717) is 25.7 Å². The van der Waals surface area contributed by atoms with Gasteiger partial charge in [0.25, 0.3) is 0 Å². The molecule has 0 aromatic heterocycles. The molecule has 4 nitrogen and oxygen atoms in total. The molecule has 6 heteroatoms. The van der Waals surface area contributed by atoms with Crippen molar-refractivity contribution in [2.24, 2.45) is 0 Å². The lowest BCUT2D eigenvalue weighted by atomic mass is 9.84. The van der Waals surface area contributed by atoms with E-state index in [4.69, 9.17) is 0 Å². The zero-order valence-corrected chi connectivity index (χ0v) is 18.2. The molecule has 1 heterocycles. The van der Waals surface area contributed by atoms with Crippen LogP contribution in [-0.4, -0.2) is 17.4 Å². The molecule has 1 aliphatic heterocycles. The SMILES string of the molecule is O=C(CCC1(Cc2ccc(-c3ccccc3)cc2)CCC(=O)N1)NCc1cc(F)ccc1F. The Balaban J connectivity index is 1.37. The smallest absolute Gasteiger partial charge is 0.220 e. The molecule has 3 aromatic carbocycles. The molecule has 0 saturated carbocycles. The first kappa shape index (κ1) is 22.6. The van der Waals surface area contributed by atoms with Crippen molar-refractivity contribution in [1.29, 1.82) is 0 Å². The fraction of sp³-hybridized carbons (Fsp3) is 0.259. The summed E-state index contributed by atoms with van der Waals surface area (Å²) >= 11 is 0. The number of halogens is 2. The highest BCUT2D eigenvalue weighted by Gasteiger charge is 2.37. The Morgan fingerprint density at radius 3 is 2.39 bits per heavy atom. The number of benzene rings is 3. The van der Waals surface area contributed by atoms with Crippen LogP contribution in [0, 0.1) is 11.6 Å². The van der Waals surface area contributed by atoms with Crippen molar-refractivity contribution >= 4 is 11.8 Å². The maximum Gasteiger partial charge on any atom is 0.220 e. The van der Waals surface area contributed by atoms with Crippen molar-refractivity contribution in [2.75, 3.05) is 0 Å². The fourth-order valence-corrected chi connectivity index (χ4v) is 4.33. The van der Waals surface area contributed by atoms with E-state index in [1.807, 2.05) is 18.2 Å². The first-order valence-electron chi connectivity index (χ1n) is 11.1. The highest BCUT2D eigenvalue weighted by Crippen LogP contribution is 2.30. The summed E-state index contributed by atoms with van der Waals surface area (Å²) in [6, 6.07) is 21.5. The van der Waals surface area contributed by atoms with Crippen LogP contribution >= 0.6 is 0 Å². The van der Waals surface area contributed by atoms with E-state index in [1.54, 1.807) is 0 Å². The Morgan fingerprint density at radius 2 is 1.70 bits per heavy atom. The Labute approximate surface area is 192 Å². The van der Waals surface area contributed by atoms with E-state index in [0.717, 1.165) is 34.9 Å². The Kier molecular flexibility index (Phi) is 6.82. The van der Waals surface area contributed by atoms with Gasteiger partial charge in [-0.1, -0.05) is 54.6 Å². The van der Waals surface area contributed by atoms with E-state index >= 15 is 0 Å². The predicted octanol–water partition coefficient (Wildman–Crippen LogP) is 4.92. The molecule has 33 heavy (non-hydrogen) atoms. The molecule has 1 fully saturated rings. The van der Waals surface area contributed by atoms with Gasteiger partial charge in [0, 0.05) is 30.5 Å². The monoisotopic (exact) mass is 448 g/mol. The van der Waals surface area contributed by atoms with E-state index in [9.17, 15) is 18.4 Å². The summed E-state index contributed by atoms with van der Waals surface area (Å²) < 4.78 is 27.1. The fourth-order valence-electron chi connectivity index (χ4n) is 4.33. The van der Waals surface area contributed by atoms with Crippen LogP contribution in [0.3, 0.4) is 0 Å². The second-order valence-electron chi connectivity index (χ2n) is 8.58. The summed E-state index contributed by atoms with van der Waals surface area (Å²) in [5, 5.41) is 5.73. The van der Waals surface area contributed by atoms with Crippen LogP contribution in [0.4, 0.5) is 8.78 Å². The summed E-state index contributed by atoms with van der Waals surface area (Å²) in [7, 11) is 0. The van der Waals surface area contributed by atoms with E-state index in [-0.39, 0.29) is 30.3 Å². The summed E-state index contributed by atoms with van der Waals surface area (Å²) in [4.78, 5) is 24.4. The molecule has 2 amide bonds. The second-order valence-corrected chi connectivity index (χ2v) is 8.58. The maximum absolute atomic E-state index is 13.8. The number of amides is 2. The van der Waals surface area contributed by atoms with Crippen molar-refractivity contribution in [2.45, 2.75) is 44.2 Å². The lowest BCUT2D eigenvalue weighted by molar-refractivity contribution is -0.122. The third-order valence-electron chi connectivity index (χ3n) is 6.15. The van der Waals surface area contributed by atoms with Gasteiger partial charge in [-0.2, -0.15) is 0 Å². The first-order chi connectivity index (χ1) is 15.9. The van der Waals surface area contributed by atoms with Gasteiger partial charge in [0.05, 0.1) is 0 Å². The molecule has 2 N–H and O–H groups in total. The Morgan fingerprint density at radius 1 is 0.970 bits per heavy atom. The Hall–Kier alpha value is -3.54. The van der Waals surface area contributed by atoms with Crippen LogP contribution in [0.25, 0.3) is 11.1 Å². The van der Waals surface area contributed by atoms with Crippen molar-refractivity contribution in [3.05, 3.63) is 95.6 Å². The largest absolute Gasteiger partial charge is 0.352 e. The van der Waals surface area contributed by atoms with Gasteiger partial charge >= 0.3 is 0 Å². The van der Waals surface area contributed by atoms with Gasteiger partial charge in [0.15, 0.2) is 0 Å². The minimum atomic E-state index is -0.560. The average Bonchev–Trinajstić information content (AvgIpc) is 3.19. The van der Waals surface area contributed by atoms with Crippen LogP contribution in [0.1, 0.15) is 36.8 Å². The number of carbonyl (C=O) groups is 2. The van der Waals surface area contributed by atoms with Gasteiger partial charge in [0.1, 0.15) is 11.6 Å². The third-order valence-corrected chi connectivity index (χ3v) is 6.15. The lowest BCUT2D eigenvalue weighted by Crippen LogP contribution is -2.44. The summed E-state index contributed by atoms with van der Waals surface area (Å²) in [6.45, 7) is -0.0806. The molecule has 1 unspecified atom stereocenters. The van der Waals surface area contributed by atoms with Crippen LogP contribution in [0.5, 0.6) is 0 Å². The van der Waals surface area contributed by atoms with Gasteiger partial charge < -0.3 is 10.6 Å². The molecular formula is C27H26F2N2O2. The molecule has 3 aromatic rings. The molecule has 0 aliphatic carbocycles. The van der Waals surface area contributed by atoms with Gasteiger partial charge in [-0.25, -0.2) is 8.78 Å². The van der Waals surface area contributed by atoms with Crippen molar-refractivity contribution < 1.29 is 18.4 Å². The highest BCUT2D eigenvalue weighted by molar-refractivity contribution is 5.80.